The minimum atomic E-state index is 0.114. The number of likely N-dealkylation sites (N-methyl/N-ethyl adjacent to an activating group) is 1. The second kappa shape index (κ2) is 7.46. The summed E-state index contributed by atoms with van der Waals surface area (Å²) in [4.78, 5) is 14.6. The minimum Gasteiger partial charge on any atom is -0.493 e. The Labute approximate surface area is 127 Å². The van der Waals surface area contributed by atoms with E-state index in [0.717, 1.165) is 37.2 Å². The maximum absolute atomic E-state index is 12.7. The van der Waals surface area contributed by atoms with Crippen molar-refractivity contribution in [1.29, 1.82) is 0 Å². The van der Waals surface area contributed by atoms with Crippen LogP contribution in [-0.2, 0) is 0 Å². The van der Waals surface area contributed by atoms with Gasteiger partial charge in [0.2, 0.25) is 0 Å². The third kappa shape index (κ3) is 4.21. The smallest absolute Gasteiger partial charge is 0.254 e. The predicted octanol–water partition coefficient (Wildman–Crippen LogP) is 2.55. The van der Waals surface area contributed by atoms with Crippen molar-refractivity contribution in [2.75, 3.05) is 26.7 Å². The third-order valence-electron chi connectivity index (χ3n) is 3.74. The van der Waals surface area contributed by atoms with Crippen LogP contribution in [-0.4, -0.2) is 43.6 Å². The summed E-state index contributed by atoms with van der Waals surface area (Å²) in [5.74, 6) is 1.37. The molecule has 1 atom stereocenters. The highest BCUT2D eigenvalue weighted by Gasteiger charge is 2.28. The van der Waals surface area contributed by atoms with Crippen molar-refractivity contribution in [3.05, 3.63) is 29.8 Å². The minimum absolute atomic E-state index is 0.114. The van der Waals surface area contributed by atoms with Crippen molar-refractivity contribution < 1.29 is 9.53 Å². The van der Waals surface area contributed by atoms with Crippen LogP contribution in [0.3, 0.4) is 0 Å². The van der Waals surface area contributed by atoms with Crippen molar-refractivity contribution in [3.8, 4) is 5.75 Å². The second-order valence-electron chi connectivity index (χ2n) is 6.08. The van der Waals surface area contributed by atoms with Gasteiger partial charge >= 0.3 is 0 Å². The van der Waals surface area contributed by atoms with Gasteiger partial charge in [-0.15, -0.1) is 0 Å². The topological polar surface area (TPSA) is 41.6 Å². The van der Waals surface area contributed by atoms with E-state index in [4.69, 9.17) is 4.74 Å². The lowest BCUT2D eigenvalue weighted by molar-refractivity contribution is 0.0736. The lowest BCUT2D eigenvalue weighted by Crippen LogP contribution is -2.40. The summed E-state index contributed by atoms with van der Waals surface area (Å²) in [6, 6.07) is 7.85. The molecule has 1 N–H and O–H groups in total. The molecule has 21 heavy (non-hydrogen) atoms. The Bertz CT molecular complexity index is 474. The predicted molar refractivity (Wildman–Crippen MR) is 84.8 cm³/mol. The number of benzene rings is 1. The first-order chi connectivity index (χ1) is 10.1. The van der Waals surface area contributed by atoms with Crippen LogP contribution in [0.25, 0.3) is 0 Å². The molecule has 1 heterocycles. The lowest BCUT2D eigenvalue weighted by Gasteiger charge is -2.24. The Morgan fingerprint density at radius 3 is 3.00 bits per heavy atom. The second-order valence-corrected chi connectivity index (χ2v) is 6.08. The molecular formula is C17H26N2O2. The van der Waals surface area contributed by atoms with Gasteiger partial charge in [-0.05, 0) is 44.0 Å². The molecule has 0 spiro atoms. The number of nitrogens with zero attached hydrogens (tertiary/aromatic N) is 1. The van der Waals surface area contributed by atoms with Gasteiger partial charge in [0.15, 0.2) is 0 Å². The number of carbonyl (C=O) groups is 1. The molecule has 1 aromatic carbocycles. The number of nitrogens with one attached hydrogen (secondary N) is 1. The zero-order valence-corrected chi connectivity index (χ0v) is 13.3. The van der Waals surface area contributed by atoms with Crippen molar-refractivity contribution in [3.63, 3.8) is 0 Å². The van der Waals surface area contributed by atoms with E-state index >= 15 is 0 Å². The van der Waals surface area contributed by atoms with Crippen LogP contribution in [0.15, 0.2) is 24.3 Å². The zero-order valence-electron chi connectivity index (χ0n) is 13.3. The van der Waals surface area contributed by atoms with E-state index in [1.807, 2.05) is 36.2 Å². The first kappa shape index (κ1) is 15.8. The summed E-state index contributed by atoms with van der Waals surface area (Å²) in [6.07, 6.45) is 2.16. The molecule has 2 rings (SSSR count). The Balaban J connectivity index is 2.06. The van der Waals surface area contributed by atoms with E-state index in [1.54, 1.807) is 0 Å². The first-order valence-electron chi connectivity index (χ1n) is 7.80. The molecule has 1 aliphatic rings. The molecule has 1 aromatic rings. The molecule has 4 nitrogen and oxygen atoms in total. The molecule has 1 amide bonds. The molecule has 1 fully saturated rings. The Kier molecular flexibility index (Phi) is 5.62. The first-order valence-corrected chi connectivity index (χ1v) is 7.80. The normalized spacial score (nSPS) is 18.3. The molecule has 1 aliphatic heterocycles. The third-order valence-corrected chi connectivity index (χ3v) is 3.74. The summed E-state index contributed by atoms with van der Waals surface area (Å²) < 4.78 is 5.71. The molecule has 1 saturated heterocycles. The molecule has 0 aromatic heterocycles. The Morgan fingerprint density at radius 1 is 1.48 bits per heavy atom. The van der Waals surface area contributed by atoms with E-state index in [1.165, 1.54) is 0 Å². The van der Waals surface area contributed by atoms with Crippen molar-refractivity contribution in [2.24, 2.45) is 5.92 Å². The Morgan fingerprint density at radius 2 is 2.29 bits per heavy atom. The maximum atomic E-state index is 12.7. The average molecular weight is 290 g/mol. The molecule has 4 heteroatoms. The van der Waals surface area contributed by atoms with E-state index in [9.17, 15) is 4.79 Å². The van der Waals surface area contributed by atoms with Gasteiger partial charge in [0.05, 0.1) is 6.61 Å². The van der Waals surface area contributed by atoms with Gasteiger partial charge in [-0.3, -0.25) is 4.79 Å². The molecule has 0 radical (unpaired) electrons. The van der Waals surface area contributed by atoms with Crippen LogP contribution < -0.4 is 10.1 Å². The van der Waals surface area contributed by atoms with Crippen LogP contribution in [0.4, 0.5) is 0 Å². The summed E-state index contributed by atoms with van der Waals surface area (Å²) >= 11 is 0. The van der Waals surface area contributed by atoms with Gasteiger partial charge < -0.3 is 15.0 Å². The Hall–Kier alpha value is -1.55. The highest BCUT2D eigenvalue weighted by atomic mass is 16.5. The SMILES string of the molecule is CNCC1CCCN1C(=O)c1cccc(OCC(C)C)c1. The number of rotatable bonds is 6. The molecule has 0 bridgehead atoms. The zero-order chi connectivity index (χ0) is 15.2. The fraction of sp³-hybridized carbons (Fsp3) is 0.588. The number of ether oxygens (including phenoxy) is 1. The maximum Gasteiger partial charge on any atom is 0.254 e. The van der Waals surface area contributed by atoms with Gasteiger partial charge in [0.25, 0.3) is 5.91 Å². The van der Waals surface area contributed by atoms with Crippen LogP contribution >= 0.6 is 0 Å². The number of hydrogen-bond donors (Lipinski definition) is 1. The van der Waals surface area contributed by atoms with Gasteiger partial charge in [0.1, 0.15) is 5.75 Å². The standard InChI is InChI=1S/C17H26N2O2/c1-13(2)12-21-16-8-4-6-14(10-16)17(20)19-9-5-7-15(19)11-18-3/h4,6,8,10,13,15,18H,5,7,9,11-12H2,1-3H3. The molecule has 1 unspecified atom stereocenters. The van der Waals surface area contributed by atoms with E-state index in [2.05, 4.69) is 19.2 Å². The summed E-state index contributed by atoms with van der Waals surface area (Å²) in [6.45, 7) is 6.60. The number of amides is 1. The highest BCUT2D eigenvalue weighted by molar-refractivity contribution is 5.95. The fourth-order valence-corrected chi connectivity index (χ4v) is 2.70. The number of carbonyl (C=O) groups excluding carboxylic acids is 1. The monoisotopic (exact) mass is 290 g/mol. The fourth-order valence-electron chi connectivity index (χ4n) is 2.70. The quantitative estimate of drug-likeness (QED) is 0.875. The van der Waals surface area contributed by atoms with Crippen molar-refractivity contribution >= 4 is 5.91 Å². The van der Waals surface area contributed by atoms with Gasteiger partial charge in [0, 0.05) is 24.7 Å². The largest absolute Gasteiger partial charge is 0.493 e. The molecule has 116 valence electrons. The van der Waals surface area contributed by atoms with Crippen molar-refractivity contribution in [2.45, 2.75) is 32.7 Å². The van der Waals surface area contributed by atoms with Gasteiger partial charge in [-0.25, -0.2) is 0 Å². The van der Waals surface area contributed by atoms with Crippen LogP contribution in [0.1, 0.15) is 37.0 Å². The molecule has 0 saturated carbocycles. The van der Waals surface area contributed by atoms with Crippen LogP contribution in [0.5, 0.6) is 5.75 Å². The van der Waals surface area contributed by atoms with Crippen LogP contribution in [0, 0.1) is 5.92 Å². The summed E-state index contributed by atoms with van der Waals surface area (Å²) in [5, 5.41) is 3.17. The van der Waals surface area contributed by atoms with Crippen LogP contribution in [0.2, 0.25) is 0 Å². The van der Waals surface area contributed by atoms with Gasteiger partial charge in [-0.1, -0.05) is 19.9 Å². The van der Waals surface area contributed by atoms with Crippen molar-refractivity contribution in [1.82, 2.24) is 10.2 Å². The average Bonchev–Trinajstić information content (AvgIpc) is 2.93. The highest BCUT2D eigenvalue weighted by Crippen LogP contribution is 2.22. The summed E-state index contributed by atoms with van der Waals surface area (Å²) in [7, 11) is 1.93. The lowest BCUT2D eigenvalue weighted by atomic mass is 10.1. The molecular weight excluding hydrogens is 264 g/mol. The van der Waals surface area contributed by atoms with Gasteiger partial charge in [-0.2, -0.15) is 0 Å². The van der Waals surface area contributed by atoms with E-state index in [0.29, 0.717) is 18.6 Å². The number of hydrogen-bond acceptors (Lipinski definition) is 3. The van der Waals surface area contributed by atoms with E-state index in [-0.39, 0.29) is 5.91 Å². The summed E-state index contributed by atoms with van der Waals surface area (Å²) in [5.41, 5.74) is 0.722. The molecule has 0 aliphatic carbocycles. The number of likely N-dealkylation sites (tertiary alicyclic amines) is 1. The van der Waals surface area contributed by atoms with E-state index < -0.39 is 0 Å².